The van der Waals surface area contributed by atoms with Gasteiger partial charge in [0, 0.05) is 23.8 Å². The van der Waals surface area contributed by atoms with E-state index in [1.165, 1.54) is 0 Å². The number of ether oxygens (including phenoxy) is 1. The number of hydrogen-bond donors (Lipinski definition) is 2. The van der Waals surface area contributed by atoms with Gasteiger partial charge >= 0.3 is 0 Å². The lowest BCUT2D eigenvalue weighted by molar-refractivity contribution is 0.114. The highest BCUT2D eigenvalue weighted by atomic mass is 79.9. The summed E-state index contributed by atoms with van der Waals surface area (Å²) in [6.07, 6.45) is 4.27. The molecule has 1 aromatic rings. The van der Waals surface area contributed by atoms with Crippen LogP contribution in [0, 0.1) is 6.92 Å². The molecule has 0 amide bonds. The second-order valence-electron chi connectivity index (χ2n) is 4.29. The number of nitrogens with zero attached hydrogens (tertiary/aromatic N) is 1. The van der Waals surface area contributed by atoms with E-state index in [0.717, 1.165) is 41.8 Å². The van der Waals surface area contributed by atoms with Gasteiger partial charge in [-0.15, -0.1) is 0 Å². The summed E-state index contributed by atoms with van der Waals surface area (Å²) in [7, 11) is 0. The zero-order valence-corrected chi connectivity index (χ0v) is 12.6. The Hall–Kier alpha value is -0.720. The van der Waals surface area contributed by atoms with Gasteiger partial charge in [-0.25, -0.2) is 4.98 Å². The Morgan fingerprint density at radius 1 is 1.67 bits per heavy atom. The van der Waals surface area contributed by atoms with Crippen molar-refractivity contribution in [1.29, 1.82) is 0 Å². The van der Waals surface area contributed by atoms with Crippen LogP contribution in [-0.4, -0.2) is 29.4 Å². The highest BCUT2D eigenvalue weighted by molar-refractivity contribution is 9.10. The van der Waals surface area contributed by atoms with Crippen LogP contribution in [-0.2, 0) is 4.74 Å². The normalized spacial score (nSPS) is 18.7. The molecule has 18 heavy (non-hydrogen) atoms. The fourth-order valence-corrected chi connectivity index (χ4v) is 2.46. The van der Waals surface area contributed by atoms with Gasteiger partial charge in [0.05, 0.1) is 6.10 Å². The van der Waals surface area contributed by atoms with Gasteiger partial charge in [0.15, 0.2) is 5.11 Å². The van der Waals surface area contributed by atoms with Crippen molar-refractivity contribution in [1.82, 2.24) is 10.3 Å². The van der Waals surface area contributed by atoms with Crippen molar-refractivity contribution in [2.75, 3.05) is 18.5 Å². The van der Waals surface area contributed by atoms with Gasteiger partial charge in [-0.05, 0) is 59.5 Å². The molecule has 1 unspecified atom stereocenters. The lowest BCUT2D eigenvalue weighted by Gasteiger charge is -2.14. The third-order valence-electron chi connectivity index (χ3n) is 2.79. The molecule has 1 aromatic heterocycles. The zero-order valence-electron chi connectivity index (χ0n) is 10.2. The number of anilines is 1. The van der Waals surface area contributed by atoms with E-state index in [2.05, 4.69) is 31.5 Å². The van der Waals surface area contributed by atoms with Crippen LogP contribution in [0.4, 0.5) is 5.82 Å². The lowest BCUT2D eigenvalue weighted by Crippen LogP contribution is -2.35. The quantitative estimate of drug-likeness (QED) is 0.835. The maximum atomic E-state index is 5.52. The molecule has 0 radical (unpaired) electrons. The van der Waals surface area contributed by atoms with Gasteiger partial charge in [0.1, 0.15) is 5.82 Å². The van der Waals surface area contributed by atoms with Crippen LogP contribution in [0.15, 0.2) is 16.7 Å². The van der Waals surface area contributed by atoms with E-state index >= 15 is 0 Å². The van der Waals surface area contributed by atoms with E-state index in [4.69, 9.17) is 17.0 Å². The standard InChI is InChI=1S/C12H16BrN3OS/c1-8-5-9(13)6-14-11(8)16-12(18)15-7-10-3-2-4-17-10/h5-6,10H,2-4,7H2,1H3,(H2,14,15,16,18). The molecule has 6 heteroatoms. The minimum absolute atomic E-state index is 0.281. The lowest BCUT2D eigenvalue weighted by atomic mass is 10.2. The molecule has 0 spiro atoms. The second-order valence-corrected chi connectivity index (χ2v) is 5.61. The first kappa shape index (κ1) is 13.7. The van der Waals surface area contributed by atoms with Gasteiger partial charge in [0.25, 0.3) is 0 Å². The zero-order chi connectivity index (χ0) is 13.0. The second kappa shape index (κ2) is 6.45. The van der Waals surface area contributed by atoms with Crippen molar-refractivity contribution in [3.8, 4) is 0 Å². The van der Waals surface area contributed by atoms with Crippen molar-refractivity contribution in [2.24, 2.45) is 0 Å². The maximum Gasteiger partial charge on any atom is 0.172 e. The maximum absolute atomic E-state index is 5.52. The molecule has 2 N–H and O–H groups in total. The number of aryl methyl sites for hydroxylation is 1. The molecule has 1 saturated heterocycles. The van der Waals surface area contributed by atoms with Crippen LogP contribution in [0.25, 0.3) is 0 Å². The molecule has 2 heterocycles. The highest BCUT2D eigenvalue weighted by Crippen LogP contribution is 2.16. The van der Waals surface area contributed by atoms with E-state index in [0.29, 0.717) is 5.11 Å². The van der Waals surface area contributed by atoms with E-state index in [1.807, 2.05) is 13.0 Å². The Morgan fingerprint density at radius 2 is 2.50 bits per heavy atom. The van der Waals surface area contributed by atoms with Crippen LogP contribution < -0.4 is 10.6 Å². The highest BCUT2D eigenvalue weighted by Gasteiger charge is 2.15. The van der Waals surface area contributed by atoms with Gasteiger partial charge in [-0.3, -0.25) is 0 Å². The molecule has 0 aromatic carbocycles. The fraction of sp³-hybridized carbons (Fsp3) is 0.500. The summed E-state index contributed by atoms with van der Waals surface area (Å²) < 4.78 is 6.48. The number of aromatic nitrogens is 1. The van der Waals surface area contributed by atoms with Gasteiger partial charge in [-0.2, -0.15) is 0 Å². The molecule has 0 saturated carbocycles. The smallest absolute Gasteiger partial charge is 0.172 e. The molecule has 98 valence electrons. The predicted molar refractivity (Wildman–Crippen MR) is 79.9 cm³/mol. The van der Waals surface area contributed by atoms with Crippen molar-refractivity contribution >= 4 is 39.1 Å². The van der Waals surface area contributed by atoms with E-state index < -0.39 is 0 Å². The summed E-state index contributed by atoms with van der Waals surface area (Å²) in [6.45, 7) is 3.60. The molecule has 0 bridgehead atoms. The van der Waals surface area contributed by atoms with Crippen molar-refractivity contribution < 1.29 is 4.74 Å². The largest absolute Gasteiger partial charge is 0.376 e. The molecule has 0 aliphatic carbocycles. The topological polar surface area (TPSA) is 46.2 Å². The SMILES string of the molecule is Cc1cc(Br)cnc1NC(=S)NCC1CCCO1. The van der Waals surface area contributed by atoms with E-state index in [1.54, 1.807) is 6.20 Å². The molecule has 1 aliphatic heterocycles. The first-order valence-corrected chi connectivity index (χ1v) is 7.14. The average Bonchev–Trinajstić information content (AvgIpc) is 2.83. The Bertz CT molecular complexity index is 435. The van der Waals surface area contributed by atoms with E-state index in [-0.39, 0.29) is 6.10 Å². The monoisotopic (exact) mass is 329 g/mol. The van der Waals surface area contributed by atoms with Crippen molar-refractivity contribution in [2.45, 2.75) is 25.9 Å². The number of rotatable bonds is 3. The predicted octanol–water partition coefficient (Wildman–Crippen LogP) is 2.62. The third kappa shape index (κ3) is 3.90. The van der Waals surface area contributed by atoms with Crippen LogP contribution in [0.5, 0.6) is 0 Å². The van der Waals surface area contributed by atoms with Crippen LogP contribution in [0.2, 0.25) is 0 Å². The van der Waals surface area contributed by atoms with Crippen molar-refractivity contribution in [3.63, 3.8) is 0 Å². The fourth-order valence-electron chi connectivity index (χ4n) is 1.83. The molecule has 1 fully saturated rings. The summed E-state index contributed by atoms with van der Waals surface area (Å²) in [5.41, 5.74) is 1.05. The van der Waals surface area contributed by atoms with Crippen molar-refractivity contribution in [3.05, 3.63) is 22.3 Å². The number of hydrogen-bond acceptors (Lipinski definition) is 3. The van der Waals surface area contributed by atoms with Gasteiger partial charge in [0.2, 0.25) is 0 Å². The summed E-state index contributed by atoms with van der Waals surface area (Å²) >= 11 is 8.62. The number of thiocarbonyl (C=S) groups is 1. The first-order chi connectivity index (χ1) is 8.65. The van der Waals surface area contributed by atoms with Crippen LogP contribution in [0.3, 0.4) is 0 Å². The molecular weight excluding hydrogens is 314 g/mol. The van der Waals surface area contributed by atoms with Gasteiger partial charge in [-0.1, -0.05) is 0 Å². The Balaban J connectivity index is 1.82. The van der Waals surface area contributed by atoms with E-state index in [9.17, 15) is 0 Å². The van der Waals surface area contributed by atoms with Crippen LogP contribution in [0.1, 0.15) is 18.4 Å². The summed E-state index contributed by atoms with van der Waals surface area (Å²) in [6, 6.07) is 2.00. The Morgan fingerprint density at radius 3 is 3.17 bits per heavy atom. The minimum Gasteiger partial charge on any atom is -0.376 e. The Labute approximate surface area is 121 Å². The molecule has 4 nitrogen and oxygen atoms in total. The summed E-state index contributed by atoms with van der Waals surface area (Å²) in [4.78, 5) is 4.28. The average molecular weight is 330 g/mol. The number of halogens is 1. The van der Waals surface area contributed by atoms with Gasteiger partial charge < -0.3 is 15.4 Å². The molecule has 2 rings (SSSR count). The molecule has 1 atom stereocenters. The minimum atomic E-state index is 0.281. The summed E-state index contributed by atoms with van der Waals surface area (Å²) in [5.74, 6) is 0.781. The first-order valence-electron chi connectivity index (χ1n) is 5.94. The Kier molecular flexibility index (Phi) is 4.91. The molecule has 1 aliphatic rings. The molecular formula is C12H16BrN3OS. The number of nitrogens with one attached hydrogen (secondary N) is 2. The number of pyridine rings is 1. The third-order valence-corrected chi connectivity index (χ3v) is 3.47. The van der Waals surface area contributed by atoms with Crippen LogP contribution >= 0.6 is 28.1 Å². The summed E-state index contributed by atoms with van der Waals surface area (Å²) in [5, 5.41) is 6.84.